The van der Waals surface area contributed by atoms with Crippen LogP contribution in [0.2, 0.25) is 0 Å². The lowest BCUT2D eigenvalue weighted by Crippen LogP contribution is -2.49. The van der Waals surface area contributed by atoms with Gasteiger partial charge in [-0.1, -0.05) is 19.8 Å². The number of hydrogen-bond acceptors (Lipinski definition) is 5. The summed E-state index contributed by atoms with van der Waals surface area (Å²) in [6.45, 7) is 11.0. The van der Waals surface area contributed by atoms with Crippen molar-refractivity contribution in [3.63, 3.8) is 0 Å². The Hall–Kier alpha value is -1.10. The zero-order valence-electron chi connectivity index (χ0n) is 17.9. The van der Waals surface area contributed by atoms with E-state index >= 15 is 0 Å². The second-order valence-electron chi connectivity index (χ2n) is 7.48. The number of amides is 1. The van der Waals surface area contributed by atoms with Crippen molar-refractivity contribution in [1.82, 2.24) is 20.9 Å². The maximum atomic E-state index is 11.9. The summed E-state index contributed by atoms with van der Waals surface area (Å²) in [5, 5.41) is 10.7. The third-order valence-electron chi connectivity index (χ3n) is 3.66. The van der Waals surface area contributed by atoms with Crippen molar-refractivity contribution in [1.29, 1.82) is 0 Å². The average Bonchev–Trinajstić information content (AvgIpc) is 2.99. The molecule has 1 heterocycles. The normalized spacial score (nSPS) is 12.7. The van der Waals surface area contributed by atoms with Crippen LogP contribution in [0.15, 0.2) is 11.2 Å². The predicted molar refractivity (Wildman–Crippen MR) is 128 cm³/mol. The van der Waals surface area contributed by atoms with E-state index in [4.69, 9.17) is 4.74 Å². The van der Waals surface area contributed by atoms with Crippen LogP contribution in [0.5, 0.6) is 0 Å². The van der Waals surface area contributed by atoms with Gasteiger partial charge in [-0.05, 0) is 34.1 Å². The number of aliphatic imine (C=N–C) groups is 1. The number of aromatic nitrogens is 1. The molecule has 9 heteroatoms. The summed E-state index contributed by atoms with van der Waals surface area (Å²) in [7, 11) is 1.75. The molecule has 1 atom stereocenters. The Morgan fingerprint density at radius 1 is 1.36 bits per heavy atom. The van der Waals surface area contributed by atoms with Gasteiger partial charge in [0.2, 0.25) is 0 Å². The first kappa shape index (κ1) is 26.9. The lowest BCUT2D eigenvalue weighted by Gasteiger charge is -2.24. The van der Waals surface area contributed by atoms with E-state index in [1.165, 1.54) is 4.88 Å². The molecule has 0 aliphatic heterocycles. The van der Waals surface area contributed by atoms with Crippen LogP contribution in [0.1, 0.15) is 56.8 Å². The zero-order valence-corrected chi connectivity index (χ0v) is 21.1. The van der Waals surface area contributed by atoms with Crippen LogP contribution in [-0.4, -0.2) is 48.8 Å². The third-order valence-corrected chi connectivity index (χ3v) is 4.64. The molecule has 0 saturated carbocycles. The van der Waals surface area contributed by atoms with E-state index in [2.05, 4.69) is 39.8 Å². The molecule has 7 nitrogen and oxygen atoms in total. The van der Waals surface area contributed by atoms with Gasteiger partial charge in [0, 0.05) is 43.7 Å². The smallest absolute Gasteiger partial charge is 0.407 e. The van der Waals surface area contributed by atoms with Crippen molar-refractivity contribution in [3.05, 3.63) is 16.1 Å². The third kappa shape index (κ3) is 12.4. The van der Waals surface area contributed by atoms with E-state index in [0.717, 1.165) is 43.2 Å². The number of guanidine groups is 1. The summed E-state index contributed by atoms with van der Waals surface area (Å²) < 4.78 is 5.31. The van der Waals surface area contributed by atoms with Crippen molar-refractivity contribution >= 4 is 47.4 Å². The van der Waals surface area contributed by atoms with Gasteiger partial charge in [0.25, 0.3) is 0 Å². The SMILES string of the molecule is CCCCC(CNC(=O)OC(C)(C)C)NC(=NC)NCCc1ncc(C)s1.I. The molecule has 0 fully saturated rings. The van der Waals surface area contributed by atoms with Gasteiger partial charge in [-0.25, -0.2) is 9.78 Å². The number of halogens is 1. The molecule has 1 aromatic rings. The Morgan fingerprint density at radius 2 is 2.07 bits per heavy atom. The fourth-order valence-electron chi connectivity index (χ4n) is 2.39. The molecule has 0 aliphatic rings. The van der Waals surface area contributed by atoms with Gasteiger partial charge in [0.15, 0.2) is 5.96 Å². The predicted octanol–water partition coefficient (Wildman–Crippen LogP) is 3.86. The summed E-state index contributed by atoms with van der Waals surface area (Å²) in [4.78, 5) is 21.8. The topological polar surface area (TPSA) is 87.6 Å². The first-order valence-electron chi connectivity index (χ1n) is 9.58. The molecular weight excluding hydrogens is 489 g/mol. The molecule has 3 N–H and O–H groups in total. The van der Waals surface area contributed by atoms with Gasteiger partial charge in [-0.3, -0.25) is 4.99 Å². The highest BCUT2D eigenvalue weighted by Gasteiger charge is 2.18. The number of nitrogens with one attached hydrogen (secondary N) is 3. The maximum Gasteiger partial charge on any atom is 0.407 e. The fourth-order valence-corrected chi connectivity index (χ4v) is 3.18. The van der Waals surface area contributed by atoms with E-state index in [-0.39, 0.29) is 30.0 Å². The molecule has 162 valence electrons. The first-order valence-corrected chi connectivity index (χ1v) is 10.4. The van der Waals surface area contributed by atoms with Crippen LogP contribution >= 0.6 is 35.3 Å². The van der Waals surface area contributed by atoms with Gasteiger partial charge >= 0.3 is 6.09 Å². The molecule has 0 saturated heterocycles. The Morgan fingerprint density at radius 3 is 2.61 bits per heavy atom. The van der Waals surface area contributed by atoms with Crippen molar-refractivity contribution < 1.29 is 9.53 Å². The molecule has 0 spiro atoms. The van der Waals surface area contributed by atoms with Gasteiger partial charge in [0.05, 0.1) is 5.01 Å². The van der Waals surface area contributed by atoms with Gasteiger partial charge in [0.1, 0.15) is 5.60 Å². The fraction of sp³-hybridized carbons (Fsp3) is 0.737. The van der Waals surface area contributed by atoms with Crippen LogP contribution in [0.3, 0.4) is 0 Å². The summed E-state index contributed by atoms with van der Waals surface area (Å²) in [6.07, 6.45) is 5.47. The van der Waals surface area contributed by atoms with E-state index < -0.39 is 11.7 Å². The monoisotopic (exact) mass is 525 g/mol. The zero-order chi connectivity index (χ0) is 20.3. The van der Waals surface area contributed by atoms with Crippen LogP contribution in [0, 0.1) is 6.92 Å². The van der Waals surface area contributed by atoms with Crippen LogP contribution in [-0.2, 0) is 11.2 Å². The number of nitrogens with zero attached hydrogens (tertiary/aromatic N) is 2. The van der Waals surface area contributed by atoms with Crippen LogP contribution < -0.4 is 16.0 Å². The highest BCUT2D eigenvalue weighted by atomic mass is 127. The summed E-state index contributed by atoms with van der Waals surface area (Å²) in [5.41, 5.74) is -0.498. The summed E-state index contributed by atoms with van der Waals surface area (Å²) in [5.74, 6) is 0.732. The van der Waals surface area contributed by atoms with Crippen molar-refractivity contribution in [3.8, 4) is 0 Å². The minimum Gasteiger partial charge on any atom is -0.444 e. The van der Waals surface area contributed by atoms with Crippen molar-refractivity contribution in [2.45, 2.75) is 71.9 Å². The second kappa shape index (κ2) is 14.0. The number of carbonyl (C=O) groups is 1. The highest BCUT2D eigenvalue weighted by Crippen LogP contribution is 2.11. The number of carbonyl (C=O) groups excluding carboxylic acids is 1. The number of ether oxygens (including phenoxy) is 1. The lowest BCUT2D eigenvalue weighted by atomic mass is 10.1. The van der Waals surface area contributed by atoms with Crippen molar-refractivity contribution in [2.75, 3.05) is 20.1 Å². The summed E-state index contributed by atoms with van der Waals surface area (Å²) >= 11 is 1.71. The molecule has 1 amide bonds. The molecule has 0 radical (unpaired) electrons. The number of alkyl carbamates (subject to hydrolysis) is 1. The van der Waals surface area contributed by atoms with Gasteiger partial charge < -0.3 is 20.7 Å². The quantitative estimate of drug-likeness (QED) is 0.259. The van der Waals surface area contributed by atoms with Gasteiger partial charge in [-0.2, -0.15) is 0 Å². The average molecular weight is 526 g/mol. The maximum absolute atomic E-state index is 11.9. The van der Waals surface area contributed by atoms with Crippen LogP contribution in [0.25, 0.3) is 0 Å². The number of hydrogen-bond donors (Lipinski definition) is 3. The summed E-state index contributed by atoms with van der Waals surface area (Å²) in [6, 6.07) is 0.0887. The van der Waals surface area contributed by atoms with E-state index in [0.29, 0.717) is 6.54 Å². The molecule has 0 aromatic carbocycles. The Kier molecular flexibility index (Phi) is 13.4. The molecule has 1 unspecified atom stereocenters. The Bertz CT molecular complexity index is 601. The first-order chi connectivity index (χ1) is 12.7. The number of unbranched alkanes of at least 4 members (excludes halogenated alkanes) is 1. The molecule has 0 bridgehead atoms. The molecule has 28 heavy (non-hydrogen) atoms. The number of aryl methyl sites for hydroxylation is 1. The Labute approximate surface area is 190 Å². The second-order valence-corrected chi connectivity index (χ2v) is 8.80. The Balaban J connectivity index is 0.00000729. The molecule has 0 aliphatic carbocycles. The molecule has 1 aromatic heterocycles. The van der Waals surface area contributed by atoms with E-state index in [9.17, 15) is 4.79 Å². The highest BCUT2D eigenvalue weighted by molar-refractivity contribution is 14.0. The van der Waals surface area contributed by atoms with Gasteiger partial charge in [-0.15, -0.1) is 35.3 Å². The minimum atomic E-state index is -0.498. The van der Waals surface area contributed by atoms with E-state index in [1.807, 2.05) is 27.0 Å². The van der Waals surface area contributed by atoms with E-state index in [1.54, 1.807) is 18.4 Å². The minimum absolute atomic E-state index is 0. The van der Waals surface area contributed by atoms with Crippen molar-refractivity contribution in [2.24, 2.45) is 4.99 Å². The largest absolute Gasteiger partial charge is 0.444 e. The number of rotatable bonds is 9. The lowest BCUT2D eigenvalue weighted by molar-refractivity contribution is 0.0523. The molecule has 1 rings (SSSR count). The standard InChI is InChI=1S/C19H35N5O2S.HI/c1-7-8-9-15(13-23-18(25)26-19(3,4)5)24-17(20-6)21-11-10-16-22-12-14(2)27-16;/h12,15H,7-11,13H2,1-6H3,(H,23,25)(H2,20,21,24);1H. The van der Waals surface area contributed by atoms with Crippen LogP contribution in [0.4, 0.5) is 4.79 Å². The number of thiazole rings is 1. The molecular formula is C19H36IN5O2S.